The normalized spacial score (nSPS) is 12.7. The van der Waals surface area contributed by atoms with Crippen LogP contribution in [0.1, 0.15) is 22.8 Å². The minimum Gasteiger partial charge on any atom is -0.465 e. The highest BCUT2D eigenvalue weighted by Gasteiger charge is 2.15. The summed E-state index contributed by atoms with van der Waals surface area (Å²) in [7, 11) is -1.68. The second-order valence-electron chi connectivity index (χ2n) is 5.08. The van der Waals surface area contributed by atoms with Crippen molar-refractivity contribution in [3.05, 3.63) is 65.7 Å². The number of carbonyl (C=O) groups excluding carboxylic acids is 2. The van der Waals surface area contributed by atoms with Crippen molar-refractivity contribution in [1.29, 1.82) is 0 Å². The molecule has 0 heterocycles. The molecule has 1 amide bonds. The molecule has 0 aliphatic heterocycles. The van der Waals surface area contributed by atoms with Crippen LogP contribution in [0.25, 0.3) is 0 Å². The summed E-state index contributed by atoms with van der Waals surface area (Å²) in [5.74, 6) is -0.348. The zero-order chi connectivity index (χ0) is 18.3. The average Bonchev–Trinajstić information content (AvgIpc) is 2.66. The lowest BCUT2D eigenvalue weighted by Crippen LogP contribution is -2.10. The van der Waals surface area contributed by atoms with Crippen LogP contribution < -0.4 is 0 Å². The number of methoxy groups -OCH3 is 1. The first-order valence-electron chi connectivity index (χ1n) is 7.62. The number of hydrogen-bond acceptors (Lipinski definition) is 5. The first-order chi connectivity index (χ1) is 12.0. The standard InChI is InChI=1S/C18H19NO5S/c1-3-25(22,16-11-9-15(10-12-16)17(20)23-2)19-18(21)24-13-14-7-5-4-6-8-14/h4-12H,3,13H2,1-2H3. The molecule has 6 nitrogen and oxygen atoms in total. The number of amides is 1. The fourth-order valence-corrected chi connectivity index (χ4v) is 3.49. The summed E-state index contributed by atoms with van der Waals surface area (Å²) in [6, 6.07) is 15.1. The predicted molar refractivity (Wildman–Crippen MR) is 93.8 cm³/mol. The third-order valence-electron chi connectivity index (χ3n) is 3.46. The molecule has 2 rings (SSSR count). The van der Waals surface area contributed by atoms with Crippen LogP contribution in [0.3, 0.4) is 0 Å². The molecule has 0 radical (unpaired) electrons. The molecule has 0 aromatic heterocycles. The Morgan fingerprint density at radius 2 is 1.68 bits per heavy atom. The highest BCUT2D eigenvalue weighted by Crippen LogP contribution is 2.16. The Bertz CT molecular complexity index is 853. The second kappa shape index (κ2) is 8.43. The van der Waals surface area contributed by atoms with E-state index >= 15 is 0 Å². The van der Waals surface area contributed by atoms with Crippen molar-refractivity contribution in [3.63, 3.8) is 0 Å². The summed E-state index contributed by atoms with van der Waals surface area (Å²) in [6.07, 6.45) is -0.882. The molecule has 0 bridgehead atoms. The van der Waals surface area contributed by atoms with E-state index in [0.717, 1.165) is 5.56 Å². The Morgan fingerprint density at radius 1 is 1.04 bits per heavy atom. The molecule has 2 aromatic carbocycles. The number of benzene rings is 2. The van der Waals surface area contributed by atoms with Gasteiger partial charge in [-0.25, -0.2) is 13.8 Å². The summed E-state index contributed by atoms with van der Waals surface area (Å²) in [6.45, 7) is 1.73. The Balaban J connectivity index is 2.17. The quantitative estimate of drug-likeness (QED) is 0.759. The summed E-state index contributed by atoms with van der Waals surface area (Å²) in [5.41, 5.74) is 1.15. The molecule has 25 heavy (non-hydrogen) atoms. The molecule has 0 spiro atoms. The van der Waals surface area contributed by atoms with Crippen molar-refractivity contribution in [2.45, 2.75) is 18.4 Å². The molecule has 0 fully saturated rings. The minimum absolute atomic E-state index is 0.0592. The average molecular weight is 361 g/mol. The Labute approximate surface area is 147 Å². The van der Waals surface area contributed by atoms with E-state index in [1.807, 2.05) is 30.3 Å². The van der Waals surface area contributed by atoms with Crippen LogP contribution in [0.2, 0.25) is 0 Å². The summed E-state index contributed by atoms with van der Waals surface area (Å²) >= 11 is 0. The van der Waals surface area contributed by atoms with E-state index in [1.165, 1.54) is 31.4 Å². The Morgan fingerprint density at radius 3 is 2.24 bits per heavy atom. The lowest BCUT2D eigenvalue weighted by atomic mass is 10.2. The lowest BCUT2D eigenvalue weighted by molar-refractivity contribution is 0.0600. The van der Waals surface area contributed by atoms with Gasteiger partial charge in [-0.2, -0.15) is 0 Å². The molecule has 0 N–H and O–H groups in total. The van der Waals surface area contributed by atoms with Crippen LogP contribution in [-0.4, -0.2) is 29.1 Å². The van der Waals surface area contributed by atoms with Gasteiger partial charge >= 0.3 is 12.1 Å². The lowest BCUT2D eigenvalue weighted by Gasteiger charge is -2.08. The Hall–Kier alpha value is -2.67. The van der Waals surface area contributed by atoms with E-state index in [-0.39, 0.29) is 12.4 Å². The molecular formula is C18H19NO5S. The summed E-state index contributed by atoms with van der Waals surface area (Å²) < 4.78 is 26.4. The van der Waals surface area contributed by atoms with Gasteiger partial charge in [-0.1, -0.05) is 37.3 Å². The van der Waals surface area contributed by atoms with Crippen molar-refractivity contribution < 1.29 is 23.3 Å². The minimum atomic E-state index is -2.96. The molecule has 2 aromatic rings. The van der Waals surface area contributed by atoms with E-state index in [9.17, 15) is 13.8 Å². The maximum absolute atomic E-state index is 12.9. The molecule has 1 atom stereocenters. The highest BCUT2D eigenvalue weighted by atomic mass is 32.2. The van der Waals surface area contributed by atoms with E-state index in [0.29, 0.717) is 10.5 Å². The summed E-state index contributed by atoms with van der Waals surface area (Å²) in [5, 5.41) is 0. The SMILES string of the molecule is CCS(=O)(=NC(=O)OCc1ccccc1)c1ccc(C(=O)OC)cc1. The number of rotatable bonds is 5. The van der Waals surface area contributed by atoms with Gasteiger partial charge in [0.1, 0.15) is 6.61 Å². The van der Waals surface area contributed by atoms with Gasteiger partial charge in [-0.05, 0) is 29.8 Å². The molecule has 0 aliphatic rings. The van der Waals surface area contributed by atoms with Gasteiger partial charge in [0.15, 0.2) is 0 Å². The van der Waals surface area contributed by atoms with Crippen LogP contribution in [0.5, 0.6) is 0 Å². The number of hydrogen-bond donors (Lipinski definition) is 0. The van der Waals surface area contributed by atoms with Gasteiger partial charge in [0, 0.05) is 10.6 Å². The predicted octanol–water partition coefficient (Wildman–Crippen LogP) is 3.66. The van der Waals surface area contributed by atoms with Crippen LogP contribution in [0.4, 0.5) is 4.79 Å². The molecular weight excluding hydrogens is 342 g/mol. The van der Waals surface area contributed by atoms with Gasteiger partial charge in [0.2, 0.25) is 0 Å². The third-order valence-corrected chi connectivity index (χ3v) is 5.70. The monoisotopic (exact) mass is 361 g/mol. The van der Waals surface area contributed by atoms with Crippen molar-refractivity contribution in [2.75, 3.05) is 12.9 Å². The maximum atomic E-state index is 12.9. The maximum Gasteiger partial charge on any atom is 0.442 e. The fraction of sp³-hybridized carbons (Fsp3) is 0.222. The molecule has 0 saturated heterocycles. The van der Waals surface area contributed by atoms with Crippen LogP contribution in [-0.2, 0) is 25.8 Å². The van der Waals surface area contributed by atoms with Gasteiger partial charge in [-0.15, -0.1) is 4.36 Å². The van der Waals surface area contributed by atoms with Crippen molar-refractivity contribution in [3.8, 4) is 0 Å². The number of carbonyl (C=O) groups is 2. The fourth-order valence-electron chi connectivity index (χ4n) is 2.07. The van der Waals surface area contributed by atoms with E-state index in [4.69, 9.17) is 4.74 Å². The van der Waals surface area contributed by atoms with Crippen molar-refractivity contribution >= 4 is 21.8 Å². The number of nitrogens with zero attached hydrogens (tertiary/aromatic N) is 1. The van der Waals surface area contributed by atoms with Gasteiger partial charge in [0.25, 0.3) is 0 Å². The zero-order valence-corrected chi connectivity index (χ0v) is 14.8. The van der Waals surface area contributed by atoms with Gasteiger partial charge in [-0.3, -0.25) is 0 Å². The first-order valence-corrected chi connectivity index (χ1v) is 9.31. The topological polar surface area (TPSA) is 82.0 Å². The van der Waals surface area contributed by atoms with Crippen LogP contribution >= 0.6 is 0 Å². The van der Waals surface area contributed by atoms with Gasteiger partial charge in [0.05, 0.1) is 22.4 Å². The van der Waals surface area contributed by atoms with Crippen molar-refractivity contribution in [1.82, 2.24) is 0 Å². The molecule has 0 aliphatic carbocycles. The number of ether oxygens (including phenoxy) is 2. The van der Waals surface area contributed by atoms with E-state index in [2.05, 4.69) is 9.10 Å². The van der Waals surface area contributed by atoms with Gasteiger partial charge < -0.3 is 9.47 Å². The molecule has 132 valence electrons. The molecule has 1 unspecified atom stereocenters. The second-order valence-corrected chi connectivity index (χ2v) is 7.59. The molecule has 7 heteroatoms. The molecule has 0 saturated carbocycles. The summed E-state index contributed by atoms with van der Waals surface area (Å²) in [4.78, 5) is 23.8. The Kier molecular flexibility index (Phi) is 6.30. The van der Waals surface area contributed by atoms with E-state index in [1.54, 1.807) is 6.92 Å². The van der Waals surface area contributed by atoms with Crippen LogP contribution in [0.15, 0.2) is 63.9 Å². The zero-order valence-electron chi connectivity index (χ0n) is 14.0. The van der Waals surface area contributed by atoms with Crippen molar-refractivity contribution in [2.24, 2.45) is 4.36 Å². The third kappa shape index (κ3) is 4.90. The first kappa shape index (κ1) is 18.7. The number of esters is 1. The largest absolute Gasteiger partial charge is 0.465 e. The van der Waals surface area contributed by atoms with E-state index < -0.39 is 21.8 Å². The van der Waals surface area contributed by atoms with Crippen LogP contribution in [0, 0.1) is 0 Å². The highest BCUT2D eigenvalue weighted by molar-refractivity contribution is 7.93. The smallest absolute Gasteiger partial charge is 0.442 e.